The molecule has 0 spiro atoms. The number of hydrogen-bond donors (Lipinski definition) is 3. The number of nitrogens with zero attached hydrogens (tertiary/aromatic N) is 1. The maximum Gasteiger partial charge on any atom is 0.255 e. The minimum Gasteiger partial charge on any atom is -0.507 e. The number of ether oxygens (including phenoxy) is 1. The fourth-order valence-electron chi connectivity index (χ4n) is 3.34. The van der Waals surface area contributed by atoms with Gasteiger partial charge in [-0.25, -0.2) is 8.42 Å². The molecular weight excluding hydrogens is 492 g/mol. The summed E-state index contributed by atoms with van der Waals surface area (Å²) in [7, 11) is -2.13. The summed E-state index contributed by atoms with van der Waals surface area (Å²) in [4.78, 5) is 13.4. The number of para-hydroxylation sites is 2. The van der Waals surface area contributed by atoms with Crippen LogP contribution < -0.4 is 10.1 Å². The molecule has 3 aromatic rings. The number of phenols is 1. The highest BCUT2D eigenvalue weighted by Gasteiger charge is 2.39. The van der Waals surface area contributed by atoms with Crippen LogP contribution in [0.4, 0.5) is 0 Å². The minimum atomic E-state index is -3.72. The van der Waals surface area contributed by atoms with Gasteiger partial charge in [0.1, 0.15) is 29.1 Å². The van der Waals surface area contributed by atoms with Crippen LogP contribution in [0.5, 0.6) is 11.5 Å². The molecule has 0 fully saturated rings. The van der Waals surface area contributed by atoms with E-state index in [9.17, 15) is 23.4 Å². The van der Waals surface area contributed by atoms with Gasteiger partial charge in [0.2, 0.25) is 0 Å². The minimum absolute atomic E-state index is 0.0255. The van der Waals surface area contributed by atoms with Crippen LogP contribution in [0.2, 0.25) is 0 Å². The molecule has 3 rings (SSSR count). The van der Waals surface area contributed by atoms with Crippen molar-refractivity contribution in [2.75, 3.05) is 19.9 Å². The Morgan fingerprint density at radius 3 is 2.60 bits per heavy atom. The van der Waals surface area contributed by atoms with E-state index in [1.165, 1.54) is 30.8 Å². The first-order chi connectivity index (χ1) is 16.5. The SMILES string of the molecule is COc1ccccc1SCc1cc(C(O)CC(C)(CNC(=O)c2ccccc2O)S(C)(=O)=O)no1. The van der Waals surface area contributed by atoms with Gasteiger partial charge < -0.3 is 24.8 Å². The number of hydrogen-bond acceptors (Lipinski definition) is 9. The molecule has 2 atom stereocenters. The number of benzene rings is 2. The van der Waals surface area contributed by atoms with Crippen LogP contribution in [0.25, 0.3) is 0 Å². The number of phenolic OH excluding ortho intramolecular Hbond substituents is 1. The van der Waals surface area contributed by atoms with Crippen LogP contribution >= 0.6 is 11.8 Å². The summed E-state index contributed by atoms with van der Waals surface area (Å²) in [5, 5.41) is 27.1. The number of aliphatic hydroxyl groups excluding tert-OH is 1. The number of aliphatic hydroxyl groups is 1. The number of methoxy groups -OCH3 is 1. The Hall–Kier alpha value is -3.02. The molecule has 9 nitrogen and oxygen atoms in total. The predicted octanol–water partition coefficient (Wildman–Crippen LogP) is 3.34. The molecule has 0 bridgehead atoms. The van der Waals surface area contributed by atoms with E-state index in [1.807, 2.05) is 24.3 Å². The Morgan fingerprint density at radius 1 is 1.23 bits per heavy atom. The molecule has 2 unspecified atom stereocenters. The number of carbonyl (C=O) groups excluding carboxylic acids is 1. The second-order valence-electron chi connectivity index (χ2n) is 8.30. The summed E-state index contributed by atoms with van der Waals surface area (Å²) in [6.07, 6.45) is -0.423. The molecule has 2 aromatic carbocycles. The predicted molar refractivity (Wildman–Crippen MR) is 132 cm³/mol. The van der Waals surface area contributed by atoms with Crippen molar-refractivity contribution in [3.8, 4) is 11.5 Å². The molecule has 3 N–H and O–H groups in total. The molecule has 188 valence electrons. The van der Waals surface area contributed by atoms with Crippen LogP contribution in [0.1, 0.15) is 41.3 Å². The lowest BCUT2D eigenvalue weighted by Crippen LogP contribution is -2.47. The summed E-state index contributed by atoms with van der Waals surface area (Å²) in [6, 6.07) is 15.1. The van der Waals surface area contributed by atoms with Gasteiger partial charge in [-0.1, -0.05) is 29.4 Å². The Labute approximate surface area is 208 Å². The van der Waals surface area contributed by atoms with E-state index >= 15 is 0 Å². The number of sulfone groups is 1. The number of aromatic nitrogens is 1. The van der Waals surface area contributed by atoms with E-state index in [0.717, 1.165) is 16.9 Å². The number of rotatable bonds is 11. The average Bonchev–Trinajstić information content (AvgIpc) is 3.30. The monoisotopic (exact) mass is 520 g/mol. The van der Waals surface area contributed by atoms with Crippen LogP contribution in [0.3, 0.4) is 0 Å². The molecule has 0 saturated heterocycles. The van der Waals surface area contributed by atoms with E-state index in [1.54, 1.807) is 25.3 Å². The molecule has 0 radical (unpaired) electrons. The number of thioether (sulfide) groups is 1. The van der Waals surface area contributed by atoms with Crippen LogP contribution in [0, 0.1) is 0 Å². The van der Waals surface area contributed by atoms with Gasteiger partial charge in [0.15, 0.2) is 9.84 Å². The molecule has 1 amide bonds. The second kappa shape index (κ2) is 11.1. The highest BCUT2D eigenvalue weighted by Crippen LogP contribution is 2.33. The van der Waals surface area contributed by atoms with Gasteiger partial charge in [0.05, 0.1) is 23.2 Å². The summed E-state index contributed by atoms with van der Waals surface area (Å²) in [5.41, 5.74) is 0.222. The van der Waals surface area contributed by atoms with Crippen LogP contribution in [-0.2, 0) is 15.6 Å². The zero-order valence-corrected chi connectivity index (χ0v) is 21.2. The number of nitrogens with one attached hydrogen (secondary N) is 1. The van der Waals surface area contributed by atoms with Gasteiger partial charge >= 0.3 is 0 Å². The second-order valence-corrected chi connectivity index (χ2v) is 11.8. The average molecular weight is 521 g/mol. The van der Waals surface area contributed by atoms with Gasteiger partial charge in [-0.2, -0.15) is 0 Å². The van der Waals surface area contributed by atoms with Gasteiger partial charge in [-0.05, 0) is 31.2 Å². The number of aromatic hydroxyl groups is 1. The zero-order valence-electron chi connectivity index (χ0n) is 19.6. The maximum absolute atomic E-state index is 12.6. The van der Waals surface area contributed by atoms with Crippen molar-refractivity contribution in [1.29, 1.82) is 0 Å². The molecule has 35 heavy (non-hydrogen) atoms. The third-order valence-corrected chi connectivity index (χ3v) is 8.83. The number of amides is 1. The lowest BCUT2D eigenvalue weighted by molar-refractivity contribution is 0.0936. The van der Waals surface area contributed by atoms with Crippen molar-refractivity contribution in [1.82, 2.24) is 10.5 Å². The van der Waals surface area contributed by atoms with E-state index in [2.05, 4.69) is 10.5 Å². The molecule has 0 saturated carbocycles. The highest BCUT2D eigenvalue weighted by atomic mass is 32.2. The molecular formula is C24H28N2O7S2. The molecule has 11 heteroatoms. The van der Waals surface area contributed by atoms with Crippen molar-refractivity contribution in [2.24, 2.45) is 0 Å². The summed E-state index contributed by atoms with van der Waals surface area (Å²) in [6.45, 7) is 1.17. The fraction of sp³-hybridized carbons (Fsp3) is 0.333. The standard InChI is InChI=1S/C24H28N2O7S2/c1-24(35(3,30)31,15-25-23(29)17-8-4-5-9-19(17)27)13-20(28)18-12-16(33-26-18)14-34-22-11-7-6-10-21(22)32-2/h4-12,20,27-28H,13-15H2,1-3H3,(H,25,29). The Bertz CT molecular complexity index is 1280. The molecule has 1 aromatic heterocycles. The molecule has 0 aliphatic heterocycles. The highest BCUT2D eigenvalue weighted by molar-refractivity contribution is 7.98. The first-order valence-corrected chi connectivity index (χ1v) is 13.6. The lowest BCUT2D eigenvalue weighted by atomic mass is 10.00. The van der Waals surface area contributed by atoms with E-state index in [0.29, 0.717) is 11.5 Å². The number of carbonyl (C=O) groups is 1. The third kappa shape index (κ3) is 6.56. The van der Waals surface area contributed by atoms with Gasteiger partial charge in [-0.3, -0.25) is 4.79 Å². The maximum atomic E-state index is 12.6. The summed E-state index contributed by atoms with van der Waals surface area (Å²) in [5.74, 6) is 0.827. The molecule has 0 aliphatic rings. The van der Waals surface area contributed by atoms with Crippen LogP contribution in [0.15, 0.2) is 64.0 Å². The van der Waals surface area contributed by atoms with Gasteiger partial charge in [-0.15, -0.1) is 11.8 Å². The van der Waals surface area contributed by atoms with Crippen LogP contribution in [-0.4, -0.2) is 54.4 Å². The fourth-order valence-corrected chi connectivity index (χ4v) is 5.03. The van der Waals surface area contributed by atoms with E-state index in [4.69, 9.17) is 9.26 Å². The van der Waals surface area contributed by atoms with E-state index in [-0.39, 0.29) is 30.0 Å². The summed E-state index contributed by atoms with van der Waals surface area (Å²) < 4.78 is 34.3. The Kier molecular flexibility index (Phi) is 8.47. The first-order valence-electron chi connectivity index (χ1n) is 10.7. The largest absolute Gasteiger partial charge is 0.507 e. The van der Waals surface area contributed by atoms with Crippen molar-refractivity contribution in [2.45, 2.75) is 34.8 Å². The summed E-state index contributed by atoms with van der Waals surface area (Å²) >= 11 is 1.47. The zero-order chi connectivity index (χ0) is 25.6. The Morgan fingerprint density at radius 2 is 1.91 bits per heavy atom. The van der Waals surface area contributed by atoms with Crippen molar-refractivity contribution in [3.63, 3.8) is 0 Å². The van der Waals surface area contributed by atoms with E-state index < -0.39 is 26.6 Å². The van der Waals surface area contributed by atoms with Crippen molar-refractivity contribution >= 4 is 27.5 Å². The smallest absolute Gasteiger partial charge is 0.255 e. The van der Waals surface area contributed by atoms with Gasteiger partial charge in [0.25, 0.3) is 5.91 Å². The topological polar surface area (TPSA) is 139 Å². The normalized spacial score (nSPS) is 14.2. The third-order valence-electron chi connectivity index (χ3n) is 5.65. The lowest BCUT2D eigenvalue weighted by Gasteiger charge is -2.29. The molecule has 1 heterocycles. The van der Waals surface area contributed by atoms with Crippen molar-refractivity contribution < 1.29 is 32.7 Å². The van der Waals surface area contributed by atoms with Crippen molar-refractivity contribution in [3.05, 3.63) is 71.6 Å². The van der Waals surface area contributed by atoms with Gasteiger partial charge in [0, 0.05) is 30.2 Å². The first kappa shape index (κ1) is 26.6. The molecule has 0 aliphatic carbocycles. The quantitative estimate of drug-likeness (QED) is 0.325. The Balaban J connectivity index is 1.67.